The molecular weight excluding hydrogens is 174 g/mol. The summed E-state index contributed by atoms with van der Waals surface area (Å²) in [5, 5.41) is 4.48. The molecule has 3 nitrogen and oxygen atoms in total. The molecule has 1 heterocycles. The molecular formula is C11H22N3+. The van der Waals surface area contributed by atoms with Gasteiger partial charge in [0.1, 0.15) is 12.6 Å². The van der Waals surface area contributed by atoms with Gasteiger partial charge in [-0.15, -0.1) is 9.36 Å². The Labute approximate surface area is 86.7 Å². The molecule has 1 aromatic heterocycles. The first-order valence-electron chi connectivity index (χ1n) is 5.09. The van der Waals surface area contributed by atoms with Crippen molar-refractivity contribution >= 4 is 0 Å². The minimum Gasteiger partial charge on any atom is -0.137 e. The van der Waals surface area contributed by atoms with Crippen LogP contribution in [0.5, 0.6) is 0 Å². The van der Waals surface area contributed by atoms with Gasteiger partial charge in [-0.05, 0) is 20.8 Å². The van der Waals surface area contributed by atoms with E-state index in [1.165, 1.54) is 5.69 Å². The summed E-state index contributed by atoms with van der Waals surface area (Å²) >= 11 is 0. The van der Waals surface area contributed by atoms with Crippen LogP contribution in [0.4, 0.5) is 0 Å². The van der Waals surface area contributed by atoms with Gasteiger partial charge in [0.15, 0.2) is 11.9 Å². The molecule has 0 saturated heterocycles. The van der Waals surface area contributed by atoms with Gasteiger partial charge < -0.3 is 0 Å². The average molecular weight is 196 g/mol. The fourth-order valence-corrected chi connectivity index (χ4v) is 1.42. The van der Waals surface area contributed by atoms with Gasteiger partial charge in [-0.3, -0.25) is 0 Å². The summed E-state index contributed by atoms with van der Waals surface area (Å²) in [5.74, 6) is 0. The smallest absolute Gasteiger partial charge is 0.137 e. The van der Waals surface area contributed by atoms with Crippen LogP contribution in [0.2, 0.25) is 0 Å². The van der Waals surface area contributed by atoms with E-state index in [0.29, 0.717) is 0 Å². The van der Waals surface area contributed by atoms with E-state index >= 15 is 0 Å². The van der Waals surface area contributed by atoms with Gasteiger partial charge in [-0.2, -0.15) is 0 Å². The van der Waals surface area contributed by atoms with Gasteiger partial charge in [0.25, 0.3) is 0 Å². The Bertz CT molecular complexity index is 323. The van der Waals surface area contributed by atoms with Crippen molar-refractivity contribution in [3.8, 4) is 0 Å². The van der Waals surface area contributed by atoms with Crippen molar-refractivity contribution in [3.05, 3.63) is 11.9 Å². The van der Waals surface area contributed by atoms with E-state index in [4.69, 9.17) is 0 Å². The first-order chi connectivity index (χ1) is 6.12. The number of aromatic nitrogens is 3. The molecule has 0 aliphatic heterocycles. The fourth-order valence-electron chi connectivity index (χ4n) is 1.42. The van der Waals surface area contributed by atoms with Crippen LogP contribution in [0.3, 0.4) is 0 Å². The SMILES string of the molecule is Cn1n[n+](C(C)(C)C)cc1C(C)(C)C. The molecule has 0 bridgehead atoms. The molecule has 0 fully saturated rings. The lowest BCUT2D eigenvalue weighted by Crippen LogP contribution is -2.51. The average Bonchev–Trinajstić information content (AvgIpc) is 2.27. The summed E-state index contributed by atoms with van der Waals surface area (Å²) in [6.45, 7) is 13.1. The van der Waals surface area contributed by atoms with Gasteiger partial charge in [0.05, 0.1) is 5.21 Å². The second-order valence-electron chi connectivity index (χ2n) is 5.89. The Morgan fingerprint density at radius 3 is 1.86 bits per heavy atom. The van der Waals surface area contributed by atoms with Crippen LogP contribution in [-0.2, 0) is 18.0 Å². The van der Waals surface area contributed by atoms with Gasteiger partial charge in [0.2, 0.25) is 0 Å². The topological polar surface area (TPSA) is 21.7 Å². The predicted molar refractivity (Wildman–Crippen MR) is 57.1 cm³/mol. The monoisotopic (exact) mass is 196 g/mol. The van der Waals surface area contributed by atoms with Crippen LogP contribution < -0.4 is 4.68 Å². The maximum Gasteiger partial charge on any atom is 0.172 e. The molecule has 0 radical (unpaired) electrons. The Balaban J connectivity index is 3.19. The summed E-state index contributed by atoms with van der Waals surface area (Å²) in [5.41, 5.74) is 1.46. The van der Waals surface area contributed by atoms with Crippen molar-refractivity contribution in [2.75, 3.05) is 0 Å². The molecule has 0 spiro atoms. The van der Waals surface area contributed by atoms with Crippen molar-refractivity contribution in [3.63, 3.8) is 0 Å². The molecule has 1 rings (SSSR count). The van der Waals surface area contributed by atoms with Crippen molar-refractivity contribution < 1.29 is 4.68 Å². The fraction of sp³-hybridized carbons (Fsp3) is 0.818. The molecule has 0 saturated carbocycles. The van der Waals surface area contributed by atoms with Gasteiger partial charge in [0, 0.05) is 5.41 Å². The lowest BCUT2D eigenvalue weighted by Gasteiger charge is -2.13. The molecule has 0 unspecified atom stereocenters. The first-order valence-corrected chi connectivity index (χ1v) is 5.09. The number of hydrogen-bond acceptors (Lipinski definition) is 1. The minimum atomic E-state index is 0.0568. The maximum atomic E-state index is 4.48. The van der Waals surface area contributed by atoms with Crippen molar-refractivity contribution in [2.24, 2.45) is 7.05 Å². The second kappa shape index (κ2) is 3.07. The predicted octanol–water partition coefficient (Wildman–Crippen LogP) is 1.76. The third-order valence-corrected chi connectivity index (χ3v) is 2.28. The van der Waals surface area contributed by atoms with E-state index in [1.54, 1.807) is 0 Å². The molecule has 0 aliphatic rings. The zero-order valence-corrected chi connectivity index (χ0v) is 10.4. The van der Waals surface area contributed by atoms with Crippen LogP contribution in [0.15, 0.2) is 6.20 Å². The molecule has 0 aliphatic carbocycles. The second-order valence-corrected chi connectivity index (χ2v) is 5.89. The van der Waals surface area contributed by atoms with E-state index in [-0.39, 0.29) is 11.0 Å². The summed E-state index contributed by atoms with van der Waals surface area (Å²) in [6.07, 6.45) is 2.14. The molecule has 0 amide bonds. The maximum absolute atomic E-state index is 4.48. The molecule has 0 N–H and O–H groups in total. The zero-order valence-electron chi connectivity index (χ0n) is 10.4. The number of aryl methyl sites for hydroxylation is 1. The lowest BCUT2D eigenvalue weighted by atomic mass is 9.92. The molecule has 14 heavy (non-hydrogen) atoms. The van der Waals surface area contributed by atoms with Crippen molar-refractivity contribution in [1.82, 2.24) is 9.90 Å². The molecule has 1 aromatic rings. The third-order valence-electron chi connectivity index (χ3n) is 2.28. The molecule has 0 aromatic carbocycles. The number of nitrogens with zero attached hydrogens (tertiary/aromatic N) is 3. The Morgan fingerprint density at radius 2 is 1.64 bits per heavy atom. The Kier molecular flexibility index (Phi) is 2.46. The summed E-state index contributed by atoms with van der Waals surface area (Å²) in [4.78, 5) is 0. The highest BCUT2D eigenvalue weighted by Crippen LogP contribution is 2.20. The van der Waals surface area contributed by atoms with E-state index in [1.807, 2.05) is 16.4 Å². The normalized spacial score (nSPS) is 13.4. The highest BCUT2D eigenvalue weighted by atomic mass is 15.5. The first kappa shape index (κ1) is 11.2. The van der Waals surface area contributed by atoms with Gasteiger partial charge in [-0.1, -0.05) is 20.8 Å². The molecule has 3 heteroatoms. The van der Waals surface area contributed by atoms with Crippen LogP contribution in [0.25, 0.3) is 0 Å². The van der Waals surface area contributed by atoms with E-state index in [0.717, 1.165) is 0 Å². The van der Waals surface area contributed by atoms with Crippen molar-refractivity contribution in [1.29, 1.82) is 0 Å². The number of hydrogen-bond donors (Lipinski definition) is 0. The van der Waals surface area contributed by atoms with Crippen molar-refractivity contribution in [2.45, 2.75) is 52.5 Å². The number of rotatable bonds is 0. The largest absolute Gasteiger partial charge is 0.172 e. The highest BCUT2D eigenvalue weighted by molar-refractivity contribution is 5.05. The molecule has 80 valence electrons. The Hall–Kier alpha value is -0.860. The minimum absolute atomic E-state index is 0.0568. The quantitative estimate of drug-likeness (QED) is 0.579. The summed E-state index contributed by atoms with van der Waals surface area (Å²) in [6, 6.07) is 0. The summed E-state index contributed by atoms with van der Waals surface area (Å²) in [7, 11) is 2.00. The van der Waals surface area contributed by atoms with Gasteiger partial charge >= 0.3 is 0 Å². The molecule has 0 atom stereocenters. The van der Waals surface area contributed by atoms with E-state index < -0.39 is 0 Å². The zero-order chi connectivity index (χ0) is 11.1. The Morgan fingerprint density at radius 1 is 1.14 bits per heavy atom. The lowest BCUT2D eigenvalue weighted by molar-refractivity contribution is -0.807. The van der Waals surface area contributed by atoms with E-state index in [2.05, 4.69) is 53.0 Å². The van der Waals surface area contributed by atoms with Crippen LogP contribution >= 0.6 is 0 Å². The van der Waals surface area contributed by atoms with Crippen LogP contribution in [-0.4, -0.2) is 9.90 Å². The van der Waals surface area contributed by atoms with Crippen LogP contribution in [0.1, 0.15) is 47.2 Å². The highest BCUT2D eigenvalue weighted by Gasteiger charge is 2.29. The van der Waals surface area contributed by atoms with E-state index in [9.17, 15) is 0 Å². The standard InChI is InChI=1S/C11H22N3/c1-10(2,3)9-8-14(11(4,5)6)12-13(9)7/h8H,1-7H3/q+1. The van der Waals surface area contributed by atoms with Crippen LogP contribution in [0, 0.1) is 0 Å². The van der Waals surface area contributed by atoms with Gasteiger partial charge in [-0.25, -0.2) is 0 Å². The third kappa shape index (κ3) is 2.14. The summed E-state index contributed by atoms with van der Waals surface area (Å²) < 4.78 is 3.98.